The normalized spacial score (nSPS) is 14.8. The van der Waals surface area contributed by atoms with Gasteiger partial charge >= 0.3 is 0 Å². The molecule has 9 heteroatoms. The molecule has 1 aromatic carbocycles. The van der Waals surface area contributed by atoms with Gasteiger partial charge in [-0.05, 0) is 12.1 Å². The summed E-state index contributed by atoms with van der Waals surface area (Å²) in [4.78, 5) is 0. The summed E-state index contributed by atoms with van der Waals surface area (Å²) in [6.45, 7) is -0.0207. The summed E-state index contributed by atoms with van der Waals surface area (Å²) in [6.07, 6.45) is -2.44. The molecule has 0 fully saturated rings. The fraction of sp³-hybridized carbons (Fsp3) is 0.600. The minimum Gasteiger partial charge on any atom is -0.491 e. The zero-order valence-corrected chi connectivity index (χ0v) is 15.2. The van der Waals surface area contributed by atoms with Gasteiger partial charge in [0.05, 0.1) is 17.6 Å². The van der Waals surface area contributed by atoms with Crippen LogP contribution >= 0.6 is 34.8 Å². The van der Waals surface area contributed by atoms with E-state index in [1.165, 1.54) is 0 Å². The van der Waals surface area contributed by atoms with Gasteiger partial charge in [-0.2, -0.15) is 0 Å². The van der Waals surface area contributed by atoms with Gasteiger partial charge in [0.1, 0.15) is 43.9 Å². The second-order valence-corrected chi connectivity index (χ2v) is 5.89. The van der Waals surface area contributed by atoms with E-state index in [0.29, 0.717) is 17.2 Å². The quantitative estimate of drug-likeness (QED) is 0.460. The first kappa shape index (κ1) is 21.4. The van der Waals surface area contributed by atoms with E-state index in [9.17, 15) is 15.3 Å². The molecule has 3 N–H and O–H groups in total. The standard InChI is InChI=1S/C15H21Cl3O6/c16-4-10(19)7-22-13-1-2-14(23-8-11(20)5-17)15(3-13)24-9-12(21)6-18/h1-3,10-12,19-21H,4-9H2. The van der Waals surface area contributed by atoms with Crippen molar-refractivity contribution < 1.29 is 29.5 Å². The van der Waals surface area contributed by atoms with Crippen LogP contribution in [0.4, 0.5) is 0 Å². The van der Waals surface area contributed by atoms with E-state index in [-0.39, 0.29) is 37.5 Å². The van der Waals surface area contributed by atoms with Gasteiger partial charge < -0.3 is 29.5 Å². The van der Waals surface area contributed by atoms with Crippen LogP contribution in [0.15, 0.2) is 18.2 Å². The largest absolute Gasteiger partial charge is 0.491 e. The van der Waals surface area contributed by atoms with Gasteiger partial charge in [-0.25, -0.2) is 0 Å². The molecule has 0 aliphatic rings. The molecule has 0 aliphatic carbocycles. The predicted octanol–water partition coefficient (Wildman–Crippen LogP) is 1.62. The maximum atomic E-state index is 9.51. The van der Waals surface area contributed by atoms with Crippen molar-refractivity contribution in [3.05, 3.63) is 18.2 Å². The van der Waals surface area contributed by atoms with Gasteiger partial charge in [0, 0.05) is 6.07 Å². The van der Waals surface area contributed by atoms with E-state index in [2.05, 4.69) is 0 Å². The molecule has 0 aromatic heterocycles. The zero-order chi connectivity index (χ0) is 17.9. The molecule has 3 unspecified atom stereocenters. The van der Waals surface area contributed by atoms with E-state index in [1.807, 2.05) is 0 Å². The number of alkyl halides is 3. The summed E-state index contributed by atoms with van der Waals surface area (Å²) in [5, 5.41) is 28.4. The fourth-order valence-electron chi connectivity index (χ4n) is 1.51. The van der Waals surface area contributed by atoms with Crippen LogP contribution in [0.1, 0.15) is 0 Å². The number of aliphatic hydroxyl groups excluding tert-OH is 3. The molecular weight excluding hydrogens is 383 g/mol. The molecule has 0 bridgehead atoms. The number of halogens is 3. The lowest BCUT2D eigenvalue weighted by Crippen LogP contribution is -2.21. The van der Waals surface area contributed by atoms with Crippen molar-refractivity contribution in [3.8, 4) is 17.2 Å². The highest BCUT2D eigenvalue weighted by molar-refractivity contribution is 6.18. The van der Waals surface area contributed by atoms with Crippen LogP contribution in [0.25, 0.3) is 0 Å². The average Bonchev–Trinajstić information content (AvgIpc) is 2.62. The first-order valence-corrected chi connectivity index (χ1v) is 8.85. The molecule has 1 rings (SSSR count). The van der Waals surface area contributed by atoms with E-state index >= 15 is 0 Å². The summed E-state index contributed by atoms with van der Waals surface area (Å²) in [6, 6.07) is 4.75. The van der Waals surface area contributed by atoms with Crippen molar-refractivity contribution in [3.63, 3.8) is 0 Å². The molecular formula is C15H21Cl3O6. The zero-order valence-electron chi connectivity index (χ0n) is 12.9. The Morgan fingerprint density at radius 2 is 1.17 bits per heavy atom. The van der Waals surface area contributed by atoms with Crippen molar-refractivity contribution in [1.82, 2.24) is 0 Å². The monoisotopic (exact) mass is 402 g/mol. The van der Waals surface area contributed by atoms with Gasteiger partial charge in [0.15, 0.2) is 11.5 Å². The molecule has 1 aromatic rings. The van der Waals surface area contributed by atoms with Gasteiger partial charge in [-0.15, -0.1) is 34.8 Å². The average molecular weight is 404 g/mol. The Labute approximate surface area is 155 Å². The van der Waals surface area contributed by atoms with Gasteiger partial charge in [-0.3, -0.25) is 0 Å². The Kier molecular flexibility index (Phi) is 10.6. The second-order valence-electron chi connectivity index (χ2n) is 4.97. The maximum Gasteiger partial charge on any atom is 0.165 e. The van der Waals surface area contributed by atoms with Crippen LogP contribution in [0.3, 0.4) is 0 Å². The highest BCUT2D eigenvalue weighted by Crippen LogP contribution is 2.32. The number of hydrogen-bond donors (Lipinski definition) is 3. The van der Waals surface area contributed by atoms with E-state index in [4.69, 9.17) is 49.0 Å². The molecule has 3 atom stereocenters. The Bertz CT molecular complexity index is 477. The van der Waals surface area contributed by atoms with Gasteiger partial charge in [-0.1, -0.05) is 0 Å². The van der Waals surface area contributed by atoms with Crippen LogP contribution in [0.5, 0.6) is 17.2 Å². The molecule has 0 radical (unpaired) electrons. The van der Waals surface area contributed by atoms with Crippen LogP contribution in [0.2, 0.25) is 0 Å². The minimum atomic E-state index is -0.837. The minimum absolute atomic E-state index is 0.0108. The summed E-state index contributed by atoms with van der Waals surface area (Å²) in [5.74, 6) is 1.21. The summed E-state index contributed by atoms with van der Waals surface area (Å²) >= 11 is 16.6. The molecule has 0 amide bonds. The Morgan fingerprint density at radius 1 is 0.708 bits per heavy atom. The summed E-state index contributed by atoms with van der Waals surface area (Å²) in [5.41, 5.74) is 0. The highest BCUT2D eigenvalue weighted by Gasteiger charge is 2.13. The smallest absolute Gasteiger partial charge is 0.165 e. The third-order valence-electron chi connectivity index (χ3n) is 2.75. The number of rotatable bonds is 12. The summed E-state index contributed by atoms with van der Waals surface area (Å²) in [7, 11) is 0. The first-order chi connectivity index (χ1) is 11.5. The fourth-order valence-corrected chi connectivity index (χ4v) is 1.78. The van der Waals surface area contributed by atoms with Gasteiger partial charge in [0.2, 0.25) is 0 Å². The van der Waals surface area contributed by atoms with Crippen molar-refractivity contribution >= 4 is 34.8 Å². The molecule has 0 saturated heterocycles. The SMILES string of the molecule is OC(CCl)COc1ccc(OCC(O)CCl)c(OCC(O)CCl)c1. The van der Waals surface area contributed by atoms with Crippen LogP contribution in [-0.2, 0) is 0 Å². The molecule has 0 saturated carbocycles. The van der Waals surface area contributed by atoms with Crippen molar-refractivity contribution in [2.75, 3.05) is 37.5 Å². The second kappa shape index (κ2) is 11.8. The number of ether oxygens (including phenoxy) is 3. The number of hydrogen-bond acceptors (Lipinski definition) is 6. The Morgan fingerprint density at radius 3 is 1.67 bits per heavy atom. The first-order valence-electron chi connectivity index (χ1n) is 7.24. The maximum absolute atomic E-state index is 9.51. The van der Waals surface area contributed by atoms with Gasteiger partial charge in [0.25, 0.3) is 0 Å². The lowest BCUT2D eigenvalue weighted by Gasteiger charge is -2.17. The highest BCUT2D eigenvalue weighted by atomic mass is 35.5. The lowest BCUT2D eigenvalue weighted by atomic mass is 10.3. The molecule has 0 aliphatic heterocycles. The number of aliphatic hydroxyl groups is 3. The number of benzene rings is 1. The van der Waals surface area contributed by atoms with Crippen LogP contribution < -0.4 is 14.2 Å². The molecule has 24 heavy (non-hydrogen) atoms. The molecule has 0 spiro atoms. The van der Waals surface area contributed by atoms with E-state index in [0.717, 1.165) is 0 Å². The van der Waals surface area contributed by atoms with E-state index < -0.39 is 18.3 Å². The molecule has 138 valence electrons. The van der Waals surface area contributed by atoms with Crippen molar-refractivity contribution in [2.24, 2.45) is 0 Å². The predicted molar refractivity (Wildman–Crippen MR) is 93.1 cm³/mol. The molecule has 0 heterocycles. The third kappa shape index (κ3) is 7.96. The lowest BCUT2D eigenvalue weighted by molar-refractivity contribution is 0.108. The van der Waals surface area contributed by atoms with E-state index in [1.54, 1.807) is 18.2 Å². The Hall–Kier alpha value is -0.630. The molecule has 6 nitrogen and oxygen atoms in total. The topological polar surface area (TPSA) is 88.4 Å². The Balaban J connectivity index is 2.79. The van der Waals surface area contributed by atoms with Crippen molar-refractivity contribution in [2.45, 2.75) is 18.3 Å². The third-order valence-corrected chi connectivity index (χ3v) is 3.82. The van der Waals surface area contributed by atoms with Crippen molar-refractivity contribution in [1.29, 1.82) is 0 Å². The van der Waals surface area contributed by atoms with Crippen LogP contribution in [0, 0.1) is 0 Å². The van der Waals surface area contributed by atoms with Crippen LogP contribution in [-0.4, -0.2) is 71.1 Å². The summed E-state index contributed by atoms with van der Waals surface area (Å²) < 4.78 is 16.3.